The smallest absolute Gasteiger partial charge is 0.405 e. The maximum atomic E-state index is 11.2. The summed E-state index contributed by atoms with van der Waals surface area (Å²) in [4.78, 5) is 11.2. The highest BCUT2D eigenvalue weighted by atomic mass is 16.5. The first-order valence-corrected chi connectivity index (χ1v) is 8.17. The molecule has 2 N–H and O–H groups in total. The van der Waals surface area contributed by atoms with Crippen LogP contribution >= 0.6 is 0 Å². The Kier molecular flexibility index (Phi) is 4.22. The summed E-state index contributed by atoms with van der Waals surface area (Å²) < 4.78 is 5.30. The van der Waals surface area contributed by atoms with Crippen LogP contribution in [0.15, 0.2) is 42.5 Å². The first-order valence-electron chi connectivity index (χ1n) is 8.17. The van der Waals surface area contributed by atoms with E-state index in [0.29, 0.717) is 0 Å². The van der Waals surface area contributed by atoms with Crippen LogP contribution in [0.3, 0.4) is 0 Å². The molecule has 1 aliphatic carbocycles. The molecular weight excluding hydrogens is 302 g/mol. The Hall–Kier alpha value is -2.49. The van der Waals surface area contributed by atoms with Crippen molar-refractivity contribution in [3.05, 3.63) is 53.6 Å². The summed E-state index contributed by atoms with van der Waals surface area (Å²) in [6.07, 6.45) is 0.933. The minimum absolute atomic E-state index is 0.0944. The zero-order valence-electron chi connectivity index (χ0n) is 14.3. The fraction of sp³-hybridized carbons (Fsp3) is 0.350. The molecule has 0 heterocycles. The van der Waals surface area contributed by atoms with E-state index >= 15 is 0 Å². The van der Waals surface area contributed by atoms with Crippen molar-refractivity contribution in [2.45, 2.75) is 32.7 Å². The highest BCUT2D eigenvalue weighted by Crippen LogP contribution is 2.44. The molecule has 24 heavy (non-hydrogen) atoms. The lowest BCUT2D eigenvalue weighted by Crippen LogP contribution is -2.40. The van der Waals surface area contributed by atoms with Gasteiger partial charge in [-0.05, 0) is 52.6 Å². The number of benzene rings is 2. The van der Waals surface area contributed by atoms with E-state index < -0.39 is 6.09 Å². The van der Waals surface area contributed by atoms with Gasteiger partial charge in [-0.1, -0.05) is 44.2 Å². The summed E-state index contributed by atoms with van der Waals surface area (Å²) >= 11 is 0. The molecule has 0 fully saturated rings. The van der Waals surface area contributed by atoms with E-state index in [9.17, 15) is 9.90 Å². The summed E-state index contributed by atoms with van der Waals surface area (Å²) in [7, 11) is 1.66. The third kappa shape index (κ3) is 3.09. The van der Waals surface area contributed by atoms with Crippen LogP contribution in [0.4, 0.5) is 4.79 Å². The molecule has 4 nitrogen and oxygen atoms in total. The fourth-order valence-corrected chi connectivity index (χ4v) is 3.50. The van der Waals surface area contributed by atoms with Crippen LogP contribution in [-0.4, -0.2) is 18.3 Å². The Bertz CT molecular complexity index is 767. The molecule has 0 radical (unpaired) electrons. The van der Waals surface area contributed by atoms with Gasteiger partial charge in [0.05, 0.1) is 13.2 Å². The summed E-state index contributed by atoms with van der Waals surface area (Å²) in [6.45, 7) is 4.24. The number of carbonyl (C=O) groups is 1. The highest BCUT2D eigenvalue weighted by Gasteiger charge is 2.36. The van der Waals surface area contributed by atoms with Gasteiger partial charge in [0, 0.05) is 0 Å². The van der Waals surface area contributed by atoms with Gasteiger partial charge in [0.2, 0.25) is 0 Å². The molecule has 4 heteroatoms. The predicted molar refractivity (Wildman–Crippen MR) is 94.4 cm³/mol. The molecule has 1 amide bonds. The molecule has 2 aromatic carbocycles. The van der Waals surface area contributed by atoms with E-state index in [1.54, 1.807) is 7.11 Å². The molecule has 0 bridgehead atoms. The van der Waals surface area contributed by atoms with Crippen LogP contribution in [0.2, 0.25) is 0 Å². The van der Waals surface area contributed by atoms with Crippen LogP contribution in [0.25, 0.3) is 11.1 Å². The van der Waals surface area contributed by atoms with Crippen molar-refractivity contribution in [3.8, 4) is 16.9 Å². The summed E-state index contributed by atoms with van der Waals surface area (Å²) in [5.74, 6) is 0.830. The van der Waals surface area contributed by atoms with E-state index in [1.807, 2.05) is 18.2 Å². The molecule has 0 saturated heterocycles. The van der Waals surface area contributed by atoms with Crippen molar-refractivity contribution in [2.24, 2.45) is 5.41 Å². The lowest BCUT2D eigenvalue weighted by atomic mass is 9.70. The first-order chi connectivity index (χ1) is 11.4. The summed E-state index contributed by atoms with van der Waals surface area (Å²) in [5.41, 5.74) is 4.43. The number of hydrogen-bond donors (Lipinski definition) is 2. The maximum Gasteiger partial charge on any atom is 0.405 e. The second kappa shape index (κ2) is 6.19. The van der Waals surface area contributed by atoms with Crippen molar-refractivity contribution >= 4 is 6.09 Å². The minimum atomic E-state index is -0.974. The second-order valence-corrected chi connectivity index (χ2v) is 7.02. The fourth-order valence-electron chi connectivity index (χ4n) is 3.50. The van der Waals surface area contributed by atoms with E-state index in [2.05, 4.69) is 43.4 Å². The van der Waals surface area contributed by atoms with Crippen molar-refractivity contribution in [1.29, 1.82) is 0 Å². The number of rotatable bonds is 3. The lowest BCUT2D eigenvalue weighted by Gasteiger charge is -2.40. The van der Waals surface area contributed by atoms with E-state index in [1.165, 1.54) is 5.56 Å². The number of methoxy groups -OCH3 is 1. The highest BCUT2D eigenvalue weighted by molar-refractivity contribution is 5.68. The van der Waals surface area contributed by atoms with Crippen molar-refractivity contribution in [2.75, 3.05) is 7.11 Å². The summed E-state index contributed by atoms with van der Waals surface area (Å²) in [6, 6.07) is 14.1. The molecular formula is C20H23NO3. The average Bonchev–Trinajstić information content (AvgIpc) is 2.57. The standard InChI is InChI=1S/C20H23NO3/c1-20(2)10-9-15-11-14(13-5-4-6-16(12-13)24-3)7-8-17(15)18(20)21-19(22)23/h4-8,11-12,18,21H,9-10H2,1-3H3,(H,22,23). The topological polar surface area (TPSA) is 58.6 Å². The number of amides is 1. The van der Waals surface area contributed by atoms with Gasteiger partial charge >= 0.3 is 6.09 Å². The number of nitrogens with one attached hydrogen (secondary N) is 1. The Morgan fingerprint density at radius 3 is 2.67 bits per heavy atom. The number of fused-ring (bicyclic) bond motifs is 1. The van der Waals surface area contributed by atoms with Gasteiger partial charge < -0.3 is 15.2 Å². The van der Waals surface area contributed by atoms with Gasteiger partial charge in [-0.25, -0.2) is 4.79 Å². The largest absolute Gasteiger partial charge is 0.497 e. The van der Waals surface area contributed by atoms with Crippen LogP contribution < -0.4 is 10.1 Å². The molecule has 1 atom stereocenters. The Morgan fingerprint density at radius 2 is 1.96 bits per heavy atom. The number of aryl methyl sites for hydroxylation is 1. The third-order valence-corrected chi connectivity index (χ3v) is 4.95. The summed E-state index contributed by atoms with van der Waals surface area (Å²) in [5, 5.41) is 11.9. The SMILES string of the molecule is COc1cccc(-c2ccc3c(c2)CCC(C)(C)C3NC(=O)O)c1. The van der Waals surface area contributed by atoms with Gasteiger partial charge in [-0.15, -0.1) is 0 Å². The van der Waals surface area contributed by atoms with Gasteiger partial charge in [0.1, 0.15) is 5.75 Å². The molecule has 0 saturated carbocycles. The minimum Gasteiger partial charge on any atom is -0.497 e. The van der Waals surface area contributed by atoms with E-state index in [4.69, 9.17) is 4.74 Å². The second-order valence-electron chi connectivity index (χ2n) is 7.02. The van der Waals surface area contributed by atoms with Crippen LogP contribution in [0.1, 0.15) is 37.4 Å². The average molecular weight is 325 g/mol. The molecule has 0 aliphatic heterocycles. The Labute approximate surface area is 142 Å². The van der Waals surface area contributed by atoms with E-state index in [-0.39, 0.29) is 11.5 Å². The zero-order valence-corrected chi connectivity index (χ0v) is 14.3. The van der Waals surface area contributed by atoms with Gasteiger partial charge in [-0.2, -0.15) is 0 Å². The maximum absolute atomic E-state index is 11.2. The first kappa shape index (κ1) is 16.4. The lowest BCUT2D eigenvalue weighted by molar-refractivity contribution is 0.161. The van der Waals surface area contributed by atoms with Gasteiger partial charge in [-0.3, -0.25) is 0 Å². The molecule has 126 valence electrons. The molecule has 0 aromatic heterocycles. The van der Waals surface area contributed by atoms with Gasteiger partial charge in [0.25, 0.3) is 0 Å². The molecule has 0 spiro atoms. The van der Waals surface area contributed by atoms with E-state index in [0.717, 1.165) is 35.3 Å². The normalized spacial score (nSPS) is 18.5. The molecule has 1 aliphatic rings. The number of carboxylic acid groups (broad SMARTS) is 1. The predicted octanol–water partition coefficient (Wildman–Crippen LogP) is 4.64. The molecule has 2 aromatic rings. The van der Waals surface area contributed by atoms with Crippen LogP contribution in [0.5, 0.6) is 5.75 Å². The van der Waals surface area contributed by atoms with Crippen molar-refractivity contribution in [1.82, 2.24) is 5.32 Å². The monoisotopic (exact) mass is 325 g/mol. The Morgan fingerprint density at radius 1 is 1.21 bits per heavy atom. The number of hydrogen-bond acceptors (Lipinski definition) is 2. The number of ether oxygens (including phenoxy) is 1. The zero-order chi connectivity index (χ0) is 17.3. The third-order valence-electron chi connectivity index (χ3n) is 4.95. The van der Waals surface area contributed by atoms with Crippen LogP contribution in [-0.2, 0) is 6.42 Å². The van der Waals surface area contributed by atoms with Crippen molar-refractivity contribution in [3.63, 3.8) is 0 Å². The van der Waals surface area contributed by atoms with Gasteiger partial charge in [0.15, 0.2) is 0 Å². The van der Waals surface area contributed by atoms with Crippen molar-refractivity contribution < 1.29 is 14.6 Å². The molecule has 3 rings (SSSR count). The van der Waals surface area contributed by atoms with Crippen LogP contribution in [0, 0.1) is 5.41 Å². The quantitative estimate of drug-likeness (QED) is 0.864. The molecule has 1 unspecified atom stereocenters. The Balaban J connectivity index is 2.00.